The van der Waals surface area contributed by atoms with Crippen molar-refractivity contribution in [1.29, 1.82) is 0 Å². The minimum atomic E-state index is -4.14. The highest BCUT2D eigenvalue weighted by Crippen LogP contribution is 2.27. The normalized spacial score (nSPS) is 11.9. The quantitative estimate of drug-likeness (QED) is 0.277. The lowest BCUT2D eigenvalue weighted by molar-refractivity contribution is -0.139. The van der Waals surface area contributed by atoms with Crippen molar-refractivity contribution >= 4 is 43.5 Å². The van der Waals surface area contributed by atoms with Crippen LogP contribution in [0.3, 0.4) is 0 Å². The van der Waals surface area contributed by atoms with Gasteiger partial charge < -0.3 is 15.0 Å². The Kier molecular flexibility index (Phi) is 11.2. The van der Waals surface area contributed by atoms with E-state index in [0.717, 1.165) is 26.3 Å². The number of sulfonamides is 1. The number of rotatable bonds is 13. The van der Waals surface area contributed by atoms with E-state index in [0.29, 0.717) is 24.6 Å². The molecular weight excluding hydrogens is 594 g/mol. The van der Waals surface area contributed by atoms with E-state index < -0.39 is 28.5 Å². The SMILES string of the molecule is CCCNC(=O)[C@@H](C)N(Cc1ccccc1C)C(=O)CN(c1ccc(OCC)cc1)S(=O)(=O)c1ccc(Br)cc1. The van der Waals surface area contributed by atoms with E-state index >= 15 is 0 Å². The summed E-state index contributed by atoms with van der Waals surface area (Å²) in [4.78, 5) is 28.4. The Morgan fingerprint density at radius 1 is 0.975 bits per heavy atom. The van der Waals surface area contributed by atoms with Crippen molar-refractivity contribution in [2.45, 2.75) is 51.6 Å². The number of aryl methyl sites for hydroxylation is 1. The van der Waals surface area contributed by atoms with Gasteiger partial charge in [-0.3, -0.25) is 13.9 Å². The summed E-state index contributed by atoms with van der Waals surface area (Å²) in [5, 5.41) is 2.85. The van der Waals surface area contributed by atoms with Crippen molar-refractivity contribution < 1.29 is 22.7 Å². The van der Waals surface area contributed by atoms with Crippen LogP contribution in [-0.4, -0.2) is 50.9 Å². The number of nitrogens with zero attached hydrogens (tertiary/aromatic N) is 2. The zero-order valence-electron chi connectivity index (χ0n) is 23.3. The fourth-order valence-electron chi connectivity index (χ4n) is 4.09. The van der Waals surface area contributed by atoms with E-state index in [-0.39, 0.29) is 17.3 Å². The molecule has 2 amide bonds. The van der Waals surface area contributed by atoms with Crippen molar-refractivity contribution in [1.82, 2.24) is 10.2 Å². The molecule has 3 aromatic rings. The highest BCUT2D eigenvalue weighted by Gasteiger charge is 2.32. The molecule has 0 spiro atoms. The van der Waals surface area contributed by atoms with Gasteiger partial charge in [-0.15, -0.1) is 0 Å². The van der Waals surface area contributed by atoms with Crippen molar-refractivity contribution in [3.05, 3.63) is 88.4 Å². The summed E-state index contributed by atoms with van der Waals surface area (Å²) in [6, 6.07) is 19.6. The number of carbonyl (C=O) groups excluding carboxylic acids is 2. The molecule has 0 aliphatic carbocycles. The monoisotopic (exact) mass is 629 g/mol. The van der Waals surface area contributed by atoms with Crippen LogP contribution in [0.25, 0.3) is 0 Å². The third-order valence-corrected chi connectivity index (χ3v) is 8.75. The minimum Gasteiger partial charge on any atom is -0.494 e. The summed E-state index contributed by atoms with van der Waals surface area (Å²) < 4.78 is 35.1. The molecule has 0 aromatic heterocycles. The van der Waals surface area contributed by atoms with Crippen LogP contribution in [0.2, 0.25) is 0 Å². The molecule has 214 valence electrons. The Morgan fingerprint density at radius 2 is 1.62 bits per heavy atom. The van der Waals surface area contributed by atoms with Gasteiger partial charge in [0.15, 0.2) is 0 Å². The van der Waals surface area contributed by atoms with Crippen LogP contribution in [0.15, 0.2) is 82.2 Å². The molecule has 0 bridgehead atoms. The van der Waals surface area contributed by atoms with Gasteiger partial charge in [0.05, 0.1) is 17.2 Å². The maximum absolute atomic E-state index is 14.0. The van der Waals surface area contributed by atoms with Crippen molar-refractivity contribution in [3.63, 3.8) is 0 Å². The minimum absolute atomic E-state index is 0.0385. The van der Waals surface area contributed by atoms with Crippen LogP contribution >= 0.6 is 15.9 Å². The lowest BCUT2D eigenvalue weighted by Crippen LogP contribution is -2.51. The lowest BCUT2D eigenvalue weighted by atomic mass is 10.1. The molecule has 0 aliphatic rings. The molecule has 8 nitrogen and oxygen atoms in total. The first kappa shape index (κ1) is 31.2. The Labute approximate surface area is 245 Å². The van der Waals surface area contributed by atoms with E-state index in [1.165, 1.54) is 17.0 Å². The van der Waals surface area contributed by atoms with Gasteiger partial charge in [0, 0.05) is 17.6 Å². The van der Waals surface area contributed by atoms with Crippen LogP contribution in [0.1, 0.15) is 38.3 Å². The average Bonchev–Trinajstić information content (AvgIpc) is 2.94. The maximum atomic E-state index is 14.0. The molecule has 40 heavy (non-hydrogen) atoms. The van der Waals surface area contributed by atoms with Gasteiger partial charge in [-0.2, -0.15) is 0 Å². The van der Waals surface area contributed by atoms with E-state index in [4.69, 9.17) is 4.74 Å². The fraction of sp³-hybridized carbons (Fsp3) is 0.333. The standard InChI is InChI=1S/C30H36BrN3O5S/c1-5-19-32-30(36)23(4)33(20-24-10-8-7-9-22(24)3)29(35)21-34(26-13-15-27(16-14-26)39-6-2)40(37,38)28-17-11-25(31)12-18-28/h7-18,23H,5-6,19-21H2,1-4H3,(H,32,36)/t23-/m1/s1. The van der Waals surface area contributed by atoms with E-state index in [1.807, 2.05) is 45.0 Å². The first-order valence-corrected chi connectivity index (χ1v) is 15.4. The van der Waals surface area contributed by atoms with Crippen LogP contribution in [0.4, 0.5) is 5.69 Å². The summed E-state index contributed by atoms with van der Waals surface area (Å²) in [7, 11) is -4.14. The zero-order valence-corrected chi connectivity index (χ0v) is 25.7. The molecule has 0 unspecified atom stereocenters. The second kappa shape index (κ2) is 14.3. The van der Waals surface area contributed by atoms with Gasteiger partial charge in [-0.05, 0) is 86.8 Å². The van der Waals surface area contributed by atoms with Crippen LogP contribution in [-0.2, 0) is 26.2 Å². The number of hydrogen-bond donors (Lipinski definition) is 1. The summed E-state index contributed by atoms with van der Waals surface area (Å²) >= 11 is 3.34. The molecule has 1 atom stereocenters. The number of anilines is 1. The van der Waals surface area contributed by atoms with E-state index in [1.54, 1.807) is 43.3 Å². The summed E-state index contributed by atoms with van der Waals surface area (Å²) in [5.41, 5.74) is 2.14. The van der Waals surface area contributed by atoms with Crippen LogP contribution in [0, 0.1) is 6.92 Å². The summed E-state index contributed by atoms with van der Waals surface area (Å²) in [6.45, 7) is 8.00. The van der Waals surface area contributed by atoms with Gasteiger partial charge in [0.1, 0.15) is 18.3 Å². The third kappa shape index (κ3) is 7.85. The molecule has 3 rings (SSSR count). The molecule has 10 heteroatoms. The van der Waals surface area contributed by atoms with Gasteiger partial charge in [-0.25, -0.2) is 8.42 Å². The zero-order chi connectivity index (χ0) is 29.3. The number of halogens is 1. The Balaban J connectivity index is 2.03. The van der Waals surface area contributed by atoms with Crippen LogP contribution < -0.4 is 14.4 Å². The van der Waals surface area contributed by atoms with Crippen molar-refractivity contribution in [2.75, 3.05) is 24.0 Å². The lowest BCUT2D eigenvalue weighted by Gasteiger charge is -2.32. The number of carbonyl (C=O) groups is 2. The maximum Gasteiger partial charge on any atom is 0.264 e. The second-order valence-electron chi connectivity index (χ2n) is 9.31. The number of ether oxygens (including phenoxy) is 1. The van der Waals surface area contributed by atoms with Gasteiger partial charge >= 0.3 is 0 Å². The van der Waals surface area contributed by atoms with E-state index in [2.05, 4.69) is 21.2 Å². The molecule has 0 fully saturated rings. The van der Waals surface area contributed by atoms with E-state index in [9.17, 15) is 18.0 Å². The number of amides is 2. The Hall–Kier alpha value is -3.37. The fourth-order valence-corrected chi connectivity index (χ4v) is 5.77. The molecule has 0 saturated carbocycles. The first-order chi connectivity index (χ1) is 19.1. The topological polar surface area (TPSA) is 96.0 Å². The van der Waals surface area contributed by atoms with Gasteiger partial charge in [0.2, 0.25) is 11.8 Å². The Morgan fingerprint density at radius 3 is 2.23 bits per heavy atom. The third-order valence-electron chi connectivity index (χ3n) is 6.43. The average molecular weight is 631 g/mol. The highest BCUT2D eigenvalue weighted by atomic mass is 79.9. The molecule has 0 heterocycles. The Bertz CT molecular complexity index is 1400. The number of benzene rings is 3. The first-order valence-electron chi connectivity index (χ1n) is 13.2. The van der Waals surface area contributed by atoms with Crippen LogP contribution in [0.5, 0.6) is 5.75 Å². The number of hydrogen-bond acceptors (Lipinski definition) is 5. The highest BCUT2D eigenvalue weighted by molar-refractivity contribution is 9.10. The molecule has 0 radical (unpaired) electrons. The molecular formula is C30H36BrN3O5S. The van der Waals surface area contributed by atoms with Gasteiger partial charge in [-0.1, -0.05) is 47.1 Å². The van der Waals surface area contributed by atoms with Gasteiger partial charge in [0.25, 0.3) is 10.0 Å². The summed E-state index contributed by atoms with van der Waals surface area (Å²) in [6.07, 6.45) is 0.751. The second-order valence-corrected chi connectivity index (χ2v) is 12.1. The molecule has 1 N–H and O–H groups in total. The predicted molar refractivity (Wildman–Crippen MR) is 161 cm³/mol. The molecule has 0 saturated heterocycles. The predicted octanol–water partition coefficient (Wildman–Crippen LogP) is 5.30. The summed E-state index contributed by atoms with van der Waals surface area (Å²) in [5.74, 6) is -0.217. The number of nitrogens with one attached hydrogen (secondary N) is 1. The van der Waals surface area contributed by atoms with Crippen molar-refractivity contribution in [2.24, 2.45) is 0 Å². The molecule has 0 aliphatic heterocycles. The smallest absolute Gasteiger partial charge is 0.264 e. The van der Waals surface area contributed by atoms with Crippen molar-refractivity contribution in [3.8, 4) is 5.75 Å². The molecule has 3 aromatic carbocycles. The largest absolute Gasteiger partial charge is 0.494 e.